The Morgan fingerprint density at radius 2 is 1.81 bits per heavy atom. The van der Waals surface area contributed by atoms with Gasteiger partial charge in [0.1, 0.15) is 0 Å². The van der Waals surface area contributed by atoms with Gasteiger partial charge in [0, 0.05) is 11.6 Å². The average molecular weight is 409 g/mol. The molecular weight excluding hydrogens is 389 g/mol. The van der Waals surface area contributed by atoms with Crippen molar-refractivity contribution in [2.45, 2.75) is 26.2 Å². The molecule has 0 aliphatic heterocycles. The zero-order valence-corrected chi connectivity index (χ0v) is 15.3. The lowest BCUT2D eigenvalue weighted by molar-refractivity contribution is -0.394. The molecule has 0 spiro atoms. The third-order valence-electron chi connectivity index (χ3n) is 3.25. The molecule has 1 unspecified atom stereocenters. The number of aliphatic carboxylic acids is 1. The maximum absolute atomic E-state index is 10.7. The van der Waals surface area contributed by atoms with Crippen LogP contribution in [0.15, 0.2) is 12.1 Å². The van der Waals surface area contributed by atoms with Crippen molar-refractivity contribution in [1.82, 2.24) is 5.32 Å². The molecule has 27 heavy (non-hydrogen) atoms. The molecule has 152 valence electrons. The number of benzene rings is 1. The molecule has 0 amide bonds. The van der Waals surface area contributed by atoms with Crippen molar-refractivity contribution in [2.75, 3.05) is 12.8 Å². The van der Waals surface area contributed by atoms with Gasteiger partial charge in [-0.2, -0.15) is 0 Å². The summed E-state index contributed by atoms with van der Waals surface area (Å²) in [6.07, 6.45) is 0.0190. The highest BCUT2D eigenvalue weighted by atomic mass is 31.2. The summed E-state index contributed by atoms with van der Waals surface area (Å²) >= 11 is 0. The number of nitro benzene ring substituents is 2. The van der Waals surface area contributed by atoms with Gasteiger partial charge in [0.25, 0.3) is 5.69 Å². The zero-order valence-electron chi connectivity index (χ0n) is 14.4. The molecule has 1 rings (SSSR count). The van der Waals surface area contributed by atoms with E-state index in [1.54, 1.807) is 6.92 Å². The van der Waals surface area contributed by atoms with E-state index in [0.29, 0.717) is 6.42 Å². The number of nitro groups is 2. The van der Waals surface area contributed by atoms with Crippen LogP contribution in [-0.2, 0) is 9.36 Å². The predicted octanol–water partition coefficient (Wildman–Crippen LogP) is 1.52. The van der Waals surface area contributed by atoms with Crippen LogP contribution < -0.4 is 5.32 Å². The van der Waals surface area contributed by atoms with E-state index >= 15 is 0 Å². The van der Waals surface area contributed by atoms with Crippen LogP contribution in [0.5, 0.6) is 5.75 Å². The number of non-ortho nitro benzene ring substituents is 1. The van der Waals surface area contributed by atoms with Crippen molar-refractivity contribution in [2.24, 2.45) is 0 Å². The van der Waals surface area contributed by atoms with Gasteiger partial charge in [-0.1, -0.05) is 13.8 Å². The molecule has 13 nitrogen and oxygen atoms in total. The number of hydrogen-bond acceptors (Lipinski definition) is 8. The van der Waals surface area contributed by atoms with E-state index in [-0.39, 0.29) is 17.2 Å². The Labute approximate surface area is 153 Å². The molecule has 14 heteroatoms. The average Bonchev–Trinajstić information content (AvgIpc) is 2.52. The first kappa shape index (κ1) is 24.4. The Morgan fingerprint density at radius 1 is 1.26 bits per heavy atom. The number of nitrogens with zero attached hydrogens (tertiary/aromatic N) is 2. The second-order valence-corrected chi connectivity index (χ2v) is 7.02. The van der Waals surface area contributed by atoms with E-state index in [4.69, 9.17) is 14.9 Å². The van der Waals surface area contributed by atoms with Gasteiger partial charge >= 0.3 is 19.3 Å². The molecule has 0 aliphatic carbocycles. The van der Waals surface area contributed by atoms with Crippen LogP contribution in [0.4, 0.5) is 11.4 Å². The number of aromatic hydroxyl groups is 1. The Hall–Kier alpha value is -2.60. The summed E-state index contributed by atoms with van der Waals surface area (Å²) in [6.45, 7) is 3.13. The second-order valence-electron chi connectivity index (χ2n) is 5.37. The Balaban J connectivity index is 0.000000580. The Bertz CT molecular complexity index is 748. The smallest absolute Gasteiger partial charge is 0.339 e. The standard InChI is InChI=1S/C10H12N2O5.C3H8NO5P/c1-3-6(2)8-4-7(11(14)15)5-9(10(8)13)12(16)17;5-3(6)1-4-2-10(7,8)9/h4-6,13H,3H2,1-2H3;4H,1-2H2,(H,5,6)(H2,7,8,9). The maximum Gasteiger partial charge on any atom is 0.339 e. The van der Waals surface area contributed by atoms with E-state index in [0.717, 1.165) is 6.07 Å². The SMILES string of the molecule is CCC(C)c1cc([N+](=O)[O-])cc([N+](=O)[O-])c1O.O=C(O)CNCP(=O)(O)O. The van der Waals surface area contributed by atoms with Crippen LogP contribution in [0, 0.1) is 20.2 Å². The van der Waals surface area contributed by atoms with Crippen molar-refractivity contribution in [3.05, 3.63) is 37.9 Å². The molecular formula is C13H20N3O10P. The van der Waals surface area contributed by atoms with Gasteiger partial charge in [-0.25, -0.2) is 0 Å². The number of nitrogens with one attached hydrogen (secondary N) is 1. The van der Waals surface area contributed by atoms with E-state index < -0.39 is 47.7 Å². The van der Waals surface area contributed by atoms with Crippen molar-refractivity contribution in [1.29, 1.82) is 0 Å². The summed E-state index contributed by atoms with van der Waals surface area (Å²) in [5, 5.41) is 41.1. The summed E-state index contributed by atoms with van der Waals surface area (Å²) in [4.78, 5) is 45.9. The van der Waals surface area contributed by atoms with Crippen LogP contribution in [0.3, 0.4) is 0 Å². The Kier molecular flexibility index (Phi) is 9.51. The first-order valence-corrected chi connectivity index (χ1v) is 9.22. The van der Waals surface area contributed by atoms with Crippen LogP contribution in [0.25, 0.3) is 0 Å². The summed E-state index contributed by atoms with van der Waals surface area (Å²) in [5.74, 6) is -1.82. The van der Waals surface area contributed by atoms with Crippen LogP contribution in [0.1, 0.15) is 31.7 Å². The number of hydrogen-bond donors (Lipinski definition) is 5. The van der Waals surface area contributed by atoms with Gasteiger partial charge < -0.3 is 20.0 Å². The highest BCUT2D eigenvalue weighted by Crippen LogP contribution is 2.39. The number of rotatable bonds is 8. The van der Waals surface area contributed by atoms with E-state index in [1.165, 1.54) is 6.07 Å². The number of phenolic OH excluding ortho intramolecular Hbond substituents is 1. The number of carboxylic acid groups (broad SMARTS) is 1. The van der Waals surface area contributed by atoms with E-state index in [2.05, 4.69) is 5.32 Å². The third-order valence-corrected chi connectivity index (χ3v) is 3.88. The molecule has 1 atom stereocenters. The molecule has 0 saturated carbocycles. The highest BCUT2D eigenvalue weighted by molar-refractivity contribution is 7.51. The lowest BCUT2D eigenvalue weighted by Crippen LogP contribution is -2.23. The second kappa shape index (κ2) is 10.5. The van der Waals surface area contributed by atoms with Gasteiger partial charge in [0.15, 0.2) is 5.75 Å². The summed E-state index contributed by atoms with van der Waals surface area (Å²) in [6, 6.07) is 1.94. The number of carboxylic acids is 1. The first-order chi connectivity index (χ1) is 12.3. The largest absolute Gasteiger partial charge is 0.502 e. The van der Waals surface area contributed by atoms with E-state index in [1.807, 2.05) is 6.92 Å². The molecule has 0 saturated heterocycles. The predicted molar refractivity (Wildman–Crippen MR) is 92.7 cm³/mol. The fourth-order valence-electron chi connectivity index (χ4n) is 1.77. The monoisotopic (exact) mass is 409 g/mol. The van der Waals surface area contributed by atoms with Crippen molar-refractivity contribution >= 4 is 24.9 Å². The lowest BCUT2D eigenvalue weighted by Gasteiger charge is -2.10. The molecule has 0 fully saturated rings. The molecule has 0 bridgehead atoms. The molecule has 0 aliphatic rings. The molecule has 0 aromatic heterocycles. The quantitative estimate of drug-likeness (QED) is 0.236. The first-order valence-electron chi connectivity index (χ1n) is 7.42. The summed E-state index contributed by atoms with van der Waals surface area (Å²) < 4.78 is 10.1. The minimum atomic E-state index is -4.10. The van der Waals surface area contributed by atoms with Gasteiger partial charge in [-0.05, 0) is 12.3 Å². The van der Waals surface area contributed by atoms with Gasteiger partial charge in [-0.3, -0.25) is 34.9 Å². The van der Waals surface area contributed by atoms with Crippen LogP contribution in [0.2, 0.25) is 0 Å². The summed E-state index contributed by atoms with van der Waals surface area (Å²) in [5.41, 5.74) is -0.785. The zero-order chi connectivity index (χ0) is 21.4. The number of phenols is 1. The fourth-order valence-corrected chi connectivity index (χ4v) is 2.18. The molecule has 5 N–H and O–H groups in total. The molecule has 1 aromatic rings. The lowest BCUT2D eigenvalue weighted by atomic mass is 9.96. The van der Waals surface area contributed by atoms with Crippen molar-refractivity contribution in [3.8, 4) is 5.75 Å². The molecule has 0 heterocycles. The Morgan fingerprint density at radius 3 is 2.19 bits per heavy atom. The van der Waals surface area contributed by atoms with Crippen molar-refractivity contribution in [3.63, 3.8) is 0 Å². The third kappa shape index (κ3) is 9.06. The number of carbonyl (C=O) groups is 1. The maximum atomic E-state index is 10.7. The van der Waals surface area contributed by atoms with Crippen LogP contribution in [-0.4, -0.2) is 48.6 Å². The summed E-state index contributed by atoms with van der Waals surface area (Å²) in [7, 11) is -4.10. The molecule has 0 radical (unpaired) electrons. The minimum Gasteiger partial charge on any atom is -0.502 e. The molecule has 1 aromatic carbocycles. The minimum absolute atomic E-state index is 0.186. The van der Waals surface area contributed by atoms with Crippen LogP contribution >= 0.6 is 7.60 Å². The highest BCUT2D eigenvalue weighted by Gasteiger charge is 2.25. The normalized spacial score (nSPS) is 11.9. The van der Waals surface area contributed by atoms with E-state index in [9.17, 15) is 34.7 Å². The van der Waals surface area contributed by atoms with Crippen molar-refractivity contribution < 1.29 is 39.2 Å². The van der Waals surface area contributed by atoms with Gasteiger partial charge in [0.05, 0.1) is 28.7 Å². The topological polar surface area (TPSA) is 213 Å². The van der Waals surface area contributed by atoms with Gasteiger partial charge in [0.2, 0.25) is 0 Å². The fraction of sp³-hybridized carbons (Fsp3) is 0.462. The van der Waals surface area contributed by atoms with Gasteiger partial charge in [-0.15, -0.1) is 0 Å².